The summed E-state index contributed by atoms with van der Waals surface area (Å²) in [4.78, 5) is 16.5. The van der Waals surface area contributed by atoms with E-state index in [9.17, 15) is 4.79 Å². The van der Waals surface area contributed by atoms with Gasteiger partial charge in [-0.2, -0.15) is 5.10 Å². The van der Waals surface area contributed by atoms with Gasteiger partial charge in [0.15, 0.2) is 0 Å². The molecule has 7 heteroatoms. The molecule has 2 heterocycles. The Bertz CT molecular complexity index is 1280. The smallest absolute Gasteiger partial charge is 0.338 e. The summed E-state index contributed by atoms with van der Waals surface area (Å²) < 4.78 is 9.30. The highest BCUT2D eigenvalue weighted by Crippen LogP contribution is 2.22. The van der Waals surface area contributed by atoms with Crippen LogP contribution in [0.1, 0.15) is 41.2 Å². The van der Waals surface area contributed by atoms with E-state index in [0.717, 1.165) is 40.2 Å². The summed E-state index contributed by atoms with van der Waals surface area (Å²) in [6.07, 6.45) is 1.81. The van der Waals surface area contributed by atoms with Gasteiger partial charge in [0.05, 0.1) is 29.4 Å². The first-order valence-electron chi connectivity index (χ1n) is 10.7. The zero-order valence-corrected chi connectivity index (χ0v) is 18.8. The molecule has 0 atom stereocenters. The second-order valence-corrected chi connectivity index (χ2v) is 7.47. The van der Waals surface area contributed by atoms with Crippen molar-refractivity contribution in [2.75, 3.05) is 12.0 Å². The van der Waals surface area contributed by atoms with E-state index in [4.69, 9.17) is 4.74 Å². The van der Waals surface area contributed by atoms with E-state index in [1.165, 1.54) is 0 Å². The second-order valence-electron chi connectivity index (χ2n) is 7.47. The van der Waals surface area contributed by atoms with Crippen LogP contribution in [0.3, 0.4) is 0 Å². The van der Waals surface area contributed by atoms with Crippen LogP contribution in [0.5, 0.6) is 0 Å². The minimum atomic E-state index is -0.308. The van der Waals surface area contributed by atoms with Crippen molar-refractivity contribution < 1.29 is 9.53 Å². The molecule has 0 aliphatic rings. The molecule has 0 amide bonds. The summed E-state index contributed by atoms with van der Waals surface area (Å²) in [6, 6.07) is 17.6. The summed E-state index contributed by atoms with van der Waals surface area (Å²) in [5.74, 6) is 0.408. The van der Waals surface area contributed by atoms with Gasteiger partial charge in [-0.05, 0) is 70.2 Å². The molecule has 32 heavy (non-hydrogen) atoms. The molecule has 0 unspecified atom stereocenters. The molecule has 0 radical (unpaired) electrons. The summed E-state index contributed by atoms with van der Waals surface area (Å²) in [6.45, 7) is 9.15. The van der Waals surface area contributed by atoms with Crippen LogP contribution in [0.2, 0.25) is 0 Å². The number of carbonyl (C=O) groups is 1. The highest BCUT2D eigenvalue weighted by Gasteiger charge is 2.12. The van der Waals surface area contributed by atoms with Crippen molar-refractivity contribution in [1.29, 1.82) is 0 Å². The number of esters is 1. The lowest BCUT2D eigenvalue weighted by molar-refractivity contribution is 0.0526. The predicted molar refractivity (Wildman–Crippen MR) is 128 cm³/mol. The zero-order valence-electron chi connectivity index (χ0n) is 18.8. The van der Waals surface area contributed by atoms with Gasteiger partial charge in [-0.25, -0.2) is 15.2 Å². The minimum absolute atomic E-state index is 0.308. The lowest BCUT2D eigenvalue weighted by Gasteiger charge is -2.10. The zero-order chi connectivity index (χ0) is 22.7. The van der Waals surface area contributed by atoms with Gasteiger partial charge in [-0.3, -0.25) is 0 Å². The second kappa shape index (κ2) is 9.09. The van der Waals surface area contributed by atoms with Crippen LogP contribution in [-0.4, -0.2) is 32.9 Å². The molecular weight excluding hydrogens is 402 g/mol. The van der Waals surface area contributed by atoms with Crippen molar-refractivity contribution in [3.05, 3.63) is 77.1 Å². The van der Waals surface area contributed by atoms with E-state index >= 15 is 0 Å². The minimum Gasteiger partial charge on any atom is -0.462 e. The van der Waals surface area contributed by atoms with Gasteiger partial charge in [0.2, 0.25) is 5.95 Å². The molecule has 1 N–H and O–H groups in total. The topological polar surface area (TPSA) is 73.4 Å². The van der Waals surface area contributed by atoms with Crippen LogP contribution in [0, 0.1) is 13.8 Å². The molecule has 0 spiro atoms. The fraction of sp³-hybridized carbons (Fsp3) is 0.240. The van der Waals surface area contributed by atoms with Gasteiger partial charge in [-0.1, -0.05) is 12.1 Å². The fourth-order valence-electron chi connectivity index (χ4n) is 3.92. The van der Waals surface area contributed by atoms with Crippen molar-refractivity contribution in [2.24, 2.45) is 5.10 Å². The molecule has 0 aliphatic carbocycles. The Morgan fingerprint density at radius 1 is 1.12 bits per heavy atom. The van der Waals surface area contributed by atoms with Crippen LogP contribution in [0.4, 0.5) is 5.95 Å². The average molecular weight is 430 g/mol. The Balaban J connectivity index is 1.56. The molecule has 2 aromatic heterocycles. The number of imidazole rings is 1. The van der Waals surface area contributed by atoms with E-state index < -0.39 is 0 Å². The van der Waals surface area contributed by atoms with Gasteiger partial charge >= 0.3 is 5.97 Å². The number of rotatable bonds is 7. The van der Waals surface area contributed by atoms with Gasteiger partial charge < -0.3 is 13.9 Å². The van der Waals surface area contributed by atoms with Gasteiger partial charge in [-0.15, -0.1) is 0 Å². The average Bonchev–Trinajstić information content (AvgIpc) is 3.30. The molecule has 2 aromatic carbocycles. The lowest BCUT2D eigenvalue weighted by Crippen LogP contribution is -2.05. The Morgan fingerprint density at radius 3 is 2.59 bits per heavy atom. The largest absolute Gasteiger partial charge is 0.462 e. The number of nitrogens with zero attached hydrogens (tertiary/aromatic N) is 4. The first-order valence-corrected chi connectivity index (χ1v) is 10.7. The van der Waals surface area contributed by atoms with Gasteiger partial charge in [0.25, 0.3) is 0 Å². The maximum atomic E-state index is 11.9. The molecule has 0 fully saturated rings. The molecule has 4 rings (SSSR count). The molecule has 0 saturated carbocycles. The van der Waals surface area contributed by atoms with E-state index in [-0.39, 0.29) is 5.97 Å². The standard InChI is InChI=1S/C25H27N5O2/c1-5-29-23-10-8-7-9-22(23)27-25(29)28-26-16-20-15-17(3)30(18(20)4)21-13-11-19(12-14-21)24(31)32-6-2/h7-16H,5-6H2,1-4H3,(H,27,28)/b26-16-. The highest BCUT2D eigenvalue weighted by molar-refractivity contribution is 5.89. The number of aryl methyl sites for hydroxylation is 2. The summed E-state index contributed by atoms with van der Waals surface area (Å²) in [7, 11) is 0. The Hall–Kier alpha value is -3.87. The van der Waals surface area contributed by atoms with Crippen molar-refractivity contribution in [3.8, 4) is 5.69 Å². The number of hydrogen-bond acceptors (Lipinski definition) is 5. The van der Waals surface area contributed by atoms with Crippen molar-refractivity contribution in [3.63, 3.8) is 0 Å². The monoisotopic (exact) mass is 429 g/mol. The summed E-state index contributed by atoms with van der Waals surface area (Å²) in [5.41, 5.74) is 9.77. The SMILES string of the molecule is CCOC(=O)c1ccc(-n2c(C)cc(/C=N\Nc3nc4ccccc4n3CC)c2C)cc1. The van der Waals surface area contributed by atoms with Crippen LogP contribution < -0.4 is 5.43 Å². The first-order chi connectivity index (χ1) is 15.5. The van der Waals surface area contributed by atoms with Crippen LogP contribution >= 0.6 is 0 Å². The normalized spacial score (nSPS) is 11.4. The molecular formula is C25H27N5O2. The Kier molecular flexibility index (Phi) is 6.07. The first kappa shape index (κ1) is 21.4. The number of hydrogen-bond donors (Lipinski definition) is 1. The number of fused-ring (bicyclic) bond motifs is 1. The van der Waals surface area contributed by atoms with Crippen molar-refractivity contribution >= 4 is 29.2 Å². The molecule has 0 saturated heterocycles. The third-order valence-electron chi connectivity index (χ3n) is 5.45. The maximum absolute atomic E-state index is 11.9. The molecule has 0 aliphatic heterocycles. The maximum Gasteiger partial charge on any atom is 0.338 e. The van der Waals surface area contributed by atoms with E-state index in [2.05, 4.69) is 50.6 Å². The van der Waals surface area contributed by atoms with E-state index in [1.54, 1.807) is 19.1 Å². The number of carbonyl (C=O) groups excluding carboxylic acids is 1. The van der Waals surface area contributed by atoms with Crippen molar-refractivity contribution in [2.45, 2.75) is 34.2 Å². The summed E-state index contributed by atoms with van der Waals surface area (Å²) >= 11 is 0. The molecule has 164 valence electrons. The Labute approximate surface area is 187 Å². The lowest BCUT2D eigenvalue weighted by atomic mass is 10.2. The van der Waals surface area contributed by atoms with Gasteiger partial charge in [0.1, 0.15) is 0 Å². The van der Waals surface area contributed by atoms with Crippen molar-refractivity contribution in [1.82, 2.24) is 14.1 Å². The Morgan fingerprint density at radius 2 is 1.88 bits per heavy atom. The predicted octanol–water partition coefficient (Wildman–Crippen LogP) is 5.09. The highest BCUT2D eigenvalue weighted by atomic mass is 16.5. The molecule has 7 nitrogen and oxygen atoms in total. The number of hydrazone groups is 1. The third kappa shape index (κ3) is 4.01. The number of benzene rings is 2. The fourth-order valence-corrected chi connectivity index (χ4v) is 3.92. The van der Waals surface area contributed by atoms with Crippen LogP contribution in [-0.2, 0) is 11.3 Å². The quantitative estimate of drug-likeness (QED) is 0.252. The summed E-state index contributed by atoms with van der Waals surface area (Å²) in [5, 5.41) is 4.45. The number of para-hydroxylation sites is 2. The van der Waals surface area contributed by atoms with Gasteiger partial charge in [0, 0.05) is 29.2 Å². The van der Waals surface area contributed by atoms with Crippen LogP contribution in [0.15, 0.2) is 59.7 Å². The third-order valence-corrected chi connectivity index (χ3v) is 5.45. The van der Waals surface area contributed by atoms with E-state index in [1.807, 2.05) is 43.5 Å². The number of anilines is 1. The molecule has 4 aromatic rings. The van der Waals surface area contributed by atoms with Crippen LogP contribution in [0.25, 0.3) is 16.7 Å². The van der Waals surface area contributed by atoms with E-state index in [0.29, 0.717) is 18.1 Å². The molecule has 0 bridgehead atoms. The number of aromatic nitrogens is 3. The number of nitrogens with one attached hydrogen (secondary N) is 1. The number of ether oxygens (including phenoxy) is 1.